The Morgan fingerprint density at radius 3 is 2.83 bits per heavy atom. The summed E-state index contributed by atoms with van der Waals surface area (Å²) in [5.74, 6) is 0.203. The Morgan fingerprint density at radius 2 is 2.04 bits per heavy atom. The maximum atomic E-state index is 12.7. The molecule has 2 atom stereocenters. The van der Waals surface area contributed by atoms with Crippen molar-refractivity contribution in [3.05, 3.63) is 57.8 Å². The van der Waals surface area contributed by atoms with Gasteiger partial charge in [-0.15, -0.1) is 0 Å². The third-order valence-electron chi connectivity index (χ3n) is 5.21. The highest BCUT2D eigenvalue weighted by atomic mass is 16.6. The van der Waals surface area contributed by atoms with Gasteiger partial charge in [-0.05, 0) is 41.9 Å². The van der Waals surface area contributed by atoms with Crippen LogP contribution in [-0.2, 0) is 10.2 Å². The van der Waals surface area contributed by atoms with Crippen LogP contribution < -0.4 is 5.32 Å². The van der Waals surface area contributed by atoms with E-state index in [2.05, 4.69) is 10.3 Å². The number of rotatable bonds is 2. The molecule has 1 fully saturated rings. The fourth-order valence-corrected chi connectivity index (χ4v) is 4.11. The summed E-state index contributed by atoms with van der Waals surface area (Å²) in [5.41, 5.74) is 2.32. The molecule has 1 saturated carbocycles. The van der Waals surface area contributed by atoms with E-state index >= 15 is 0 Å². The van der Waals surface area contributed by atoms with Crippen molar-refractivity contribution in [3.63, 3.8) is 0 Å². The molecule has 2 heterocycles. The lowest BCUT2D eigenvalue weighted by Crippen LogP contribution is -2.38. The summed E-state index contributed by atoms with van der Waals surface area (Å²) < 4.78 is 0. The number of nitrogens with one attached hydrogen (secondary N) is 2. The van der Waals surface area contributed by atoms with Gasteiger partial charge in [0.15, 0.2) is 0 Å². The van der Waals surface area contributed by atoms with Gasteiger partial charge in [-0.2, -0.15) is 0 Å². The van der Waals surface area contributed by atoms with Gasteiger partial charge < -0.3 is 15.4 Å². The minimum absolute atomic E-state index is 0.0101. The van der Waals surface area contributed by atoms with Gasteiger partial charge in [-0.1, -0.05) is 24.6 Å². The van der Waals surface area contributed by atoms with Crippen LogP contribution in [0.4, 0.5) is 11.5 Å². The number of hydrogen-bond donors (Lipinski definition) is 2. The van der Waals surface area contributed by atoms with E-state index in [-0.39, 0.29) is 17.6 Å². The van der Waals surface area contributed by atoms with E-state index in [1.165, 1.54) is 6.07 Å². The van der Waals surface area contributed by atoms with E-state index in [0.717, 1.165) is 36.2 Å². The molecule has 2 N–H and O–H groups in total. The van der Waals surface area contributed by atoms with Crippen LogP contribution in [0.1, 0.15) is 42.9 Å². The van der Waals surface area contributed by atoms with Gasteiger partial charge in [0, 0.05) is 17.7 Å². The molecule has 1 amide bonds. The number of H-pyrrole nitrogens is 1. The van der Waals surface area contributed by atoms with Crippen LogP contribution in [0.15, 0.2) is 36.4 Å². The second-order valence-electron chi connectivity index (χ2n) is 6.43. The first-order chi connectivity index (χ1) is 11.1. The number of carbonyl (C=O) groups excluding carboxylic acids is 1. The van der Waals surface area contributed by atoms with Crippen molar-refractivity contribution >= 4 is 17.4 Å². The topological polar surface area (TPSA) is 88.0 Å². The molecule has 1 aliphatic carbocycles. The molecule has 1 aliphatic heterocycles. The summed E-state index contributed by atoms with van der Waals surface area (Å²) >= 11 is 0. The molecule has 118 valence electrons. The van der Waals surface area contributed by atoms with E-state index in [1.54, 1.807) is 6.07 Å². The van der Waals surface area contributed by atoms with Crippen molar-refractivity contribution in [2.45, 2.75) is 37.0 Å². The SMILES string of the molecule is O=C1Nc2ccccc2C12CCCC(c1ccc([N+](=O)[O-])[nH]1)C2. The minimum Gasteiger partial charge on any atom is -0.358 e. The van der Waals surface area contributed by atoms with Crippen LogP contribution in [-0.4, -0.2) is 15.8 Å². The fraction of sp³-hybridized carbons (Fsp3) is 0.353. The zero-order valence-electron chi connectivity index (χ0n) is 12.5. The van der Waals surface area contributed by atoms with Gasteiger partial charge in [0.25, 0.3) is 0 Å². The third kappa shape index (κ3) is 2.05. The maximum Gasteiger partial charge on any atom is 0.321 e. The van der Waals surface area contributed by atoms with Crippen molar-refractivity contribution in [3.8, 4) is 0 Å². The van der Waals surface area contributed by atoms with Crippen LogP contribution in [0.3, 0.4) is 0 Å². The quantitative estimate of drug-likeness (QED) is 0.657. The van der Waals surface area contributed by atoms with Gasteiger partial charge in [0.05, 0.1) is 5.41 Å². The van der Waals surface area contributed by atoms with Gasteiger partial charge >= 0.3 is 5.82 Å². The summed E-state index contributed by atoms with van der Waals surface area (Å²) in [5, 5.41) is 13.9. The number of amides is 1. The second-order valence-corrected chi connectivity index (χ2v) is 6.43. The Morgan fingerprint density at radius 1 is 1.22 bits per heavy atom. The molecular formula is C17H17N3O3. The number of nitrogens with zero attached hydrogens (tertiary/aromatic N) is 1. The normalized spacial score (nSPS) is 26.1. The lowest BCUT2D eigenvalue weighted by molar-refractivity contribution is -0.389. The van der Waals surface area contributed by atoms with Gasteiger partial charge in [-0.3, -0.25) is 4.79 Å². The highest BCUT2D eigenvalue weighted by molar-refractivity contribution is 6.06. The summed E-state index contributed by atoms with van der Waals surface area (Å²) in [6.07, 6.45) is 3.39. The lowest BCUT2D eigenvalue weighted by Gasteiger charge is -2.35. The van der Waals surface area contributed by atoms with Gasteiger partial charge in [0.2, 0.25) is 5.91 Å². The zero-order chi connectivity index (χ0) is 16.0. The molecule has 6 nitrogen and oxygen atoms in total. The first-order valence-electron chi connectivity index (χ1n) is 7.84. The highest BCUT2D eigenvalue weighted by Gasteiger charge is 2.50. The number of para-hydroxylation sites is 1. The van der Waals surface area contributed by atoms with Crippen molar-refractivity contribution in [2.75, 3.05) is 5.32 Å². The number of aromatic nitrogens is 1. The number of aromatic amines is 1. The summed E-state index contributed by atoms with van der Waals surface area (Å²) in [6, 6.07) is 11.1. The second kappa shape index (κ2) is 4.94. The molecule has 2 unspecified atom stereocenters. The summed E-state index contributed by atoms with van der Waals surface area (Å²) in [7, 11) is 0. The molecule has 0 bridgehead atoms. The van der Waals surface area contributed by atoms with E-state index in [4.69, 9.17) is 0 Å². The Labute approximate surface area is 133 Å². The average Bonchev–Trinajstić information content (AvgIpc) is 3.14. The lowest BCUT2D eigenvalue weighted by atomic mass is 9.66. The smallest absolute Gasteiger partial charge is 0.321 e. The summed E-state index contributed by atoms with van der Waals surface area (Å²) in [4.78, 5) is 26.0. The first kappa shape index (κ1) is 14.0. The number of fused-ring (bicyclic) bond motifs is 2. The van der Waals surface area contributed by atoms with Crippen LogP contribution >= 0.6 is 0 Å². The Hall–Kier alpha value is -2.63. The van der Waals surface area contributed by atoms with Crippen molar-refractivity contribution in [1.29, 1.82) is 0 Å². The number of hydrogen-bond acceptors (Lipinski definition) is 3. The number of benzene rings is 1. The van der Waals surface area contributed by atoms with E-state index in [9.17, 15) is 14.9 Å². The van der Waals surface area contributed by atoms with Crippen molar-refractivity contribution in [2.24, 2.45) is 0 Å². The zero-order valence-corrected chi connectivity index (χ0v) is 12.5. The molecule has 0 radical (unpaired) electrons. The Kier molecular flexibility index (Phi) is 3.01. The first-order valence-corrected chi connectivity index (χ1v) is 7.84. The van der Waals surface area contributed by atoms with Crippen LogP contribution in [0.5, 0.6) is 0 Å². The van der Waals surface area contributed by atoms with E-state index in [0.29, 0.717) is 6.42 Å². The van der Waals surface area contributed by atoms with E-state index in [1.807, 2.05) is 24.3 Å². The van der Waals surface area contributed by atoms with Crippen molar-refractivity contribution < 1.29 is 9.72 Å². The van der Waals surface area contributed by atoms with Crippen molar-refractivity contribution in [1.82, 2.24) is 4.98 Å². The molecule has 1 aromatic heterocycles. The predicted molar refractivity (Wildman–Crippen MR) is 85.4 cm³/mol. The Bertz CT molecular complexity index is 798. The molecule has 6 heteroatoms. The molecule has 2 aliphatic rings. The largest absolute Gasteiger partial charge is 0.358 e. The predicted octanol–water partition coefficient (Wildman–Crippen LogP) is 3.47. The molecule has 0 saturated heterocycles. The molecule has 1 aromatic carbocycles. The molecule has 23 heavy (non-hydrogen) atoms. The van der Waals surface area contributed by atoms with E-state index < -0.39 is 10.3 Å². The Balaban J connectivity index is 1.69. The van der Waals surface area contributed by atoms with Crippen LogP contribution in [0, 0.1) is 10.1 Å². The number of nitro groups is 1. The monoisotopic (exact) mass is 311 g/mol. The average molecular weight is 311 g/mol. The standard InChI is InChI=1S/C17H17N3O3/c21-16-17(12-5-1-2-6-14(12)19-16)9-3-4-11(10-17)13-7-8-15(18-13)20(22)23/h1-2,5-8,11,18H,3-4,9-10H2,(H,19,21). The molecule has 4 rings (SSSR count). The van der Waals surface area contributed by atoms with Crippen LogP contribution in [0.2, 0.25) is 0 Å². The molecule has 1 spiro atoms. The fourth-order valence-electron chi connectivity index (χ4n) is 4.11. The minimum atomic E-state index is -0.501. The number of carbonyl (C=O) groups is 1. The third-order valence-corrected chi connectivity index (χ3v) is 5.21. The summed E-state index contributed by atoms with van der Waals surface area (Å²) in [6.45, 7) is 0. The van der Waals surface area contributed by atoms with Gasteiger partial charge in [-0.25, -0.2) is 4.98 Å². The molecular weight excluding hydrogens is 294 g/mol. The highest BCUT2D eigenvalue weighted by Crippen LogP contribution is 2.51. The van der Waals surface area contributed by atoms with Gasteiger partial charge in [0.1, 0.15) is 5.69 Å². The molecule has 2 aromatic rings. The number of anilines is 1. The maximum absolute atomic E-state index is 12.7. The van der Waals surface area contributed by atoms with Crippen LogP contribution in [0.25, 0.3) is 0 Å².